The van der Waals surface area contributed by atoms with Crippen molar-refractivity contribution < 1.29 is 9.52 Å². The Morgan fingerprint density at radius 3 is 3.00 bits per heavy atom. The average molecular weight is 161 g/mol. The van der Waals surface area contributed by atoms with Crippen molar-refractivity contribution in [3.63, 3.8) is 0 Å². The van der Waals surface area contributed by atoms with E-state index in [0.717, 1.165) is 5.56 Å². The van der Waals surface area contributed by atoms with Crippen LogP contribution in [0.4, 0.5) is 0 Å². The molecule has 0 saturated carbocycles. The van der Waals surface area contributed by atoms with Gasteiger partial charge in [0.15, 0.2) is 0 Å². The Morgan fingerprint density at radius 2 is 2.50 bits per heavy atom. The molecule has 1 N–H and O–H groups in total. The molecule has 1 aromatic heterocycles. The van der Waals surface area contributed by atoms with Gasteiger partial charge in [0.1, 0.15) is 0 Å². The summed E-state index contributed by atoms with van der Waals surface area (Å²) in [5.74, 6) is 0.465. The highest BCUT2D eigenvalue weighted by molar-refractivity contribution is 6.17. The molecule has 3 heteroatoms. The Labute approximate surface area is 64.4 Å². The van der Waals surface area contributed by atoms with Crippen LogP contribution in [0.15, 0.2) is 23.0 Å². The number of aliphatic hydroxyl groups excluding tert-OH is 1. The zero-order valence-electron chi connectivity index (χ0n) is 5.46. The molecule has 0 aliphatic carbocycles. The maximum absolute atomic E-state index is 9.26. The maximum Gasteiger partial charge on any atom is 0.0960 e. The highest BCUT2D eigenvalue weighted by Crippen LogP contribution is 2.16. The van der Waals surface area contributed by atoms with Crippen LogP contribution in [0, 0.1) is 0 Å². The summed E-state index contributed by atoms with van der Waals surface area (Å²) in [4.78, 5) is 0. The van der Waals surface area contributed by atoms with E-state index in [1.54, 1.807) is 6.07 Å². The van der Waals surface area contributed by atoms with Crippen molar-refractivity contribution in [3.05, 3.63) is 24.2 Å². The fourth-order valence-electron chi connectivity index (χ4n) is 0.735. The highest BCUT2D eigenvalue weighted by atomic mass is 35.5. The summed E-state index contributed by atoms with van der Waals surface area (Å²) in [5.41, 5.74) is 0.792. The monoisotopic (exact) mass is 160 g/mol. The molecule has 1 atom stereocenters. The number of aliphatic hydroxyl groups is 1. The van der Waals surface area contributed by atoms with Crippen LogP contribution in [-0.2, 0) is 0 Å². The second kappa shape index (κ2) is 3.64. The molecule has 1 rings (SSSR count). The van der Waals surface area contributed by atoms with Crippen molar-refractivity contribution in [2.45, 2.75) is 12.5 Å². The topological polar surface area (TPSA) is 33.4 Å². The lowest BCUT2D eigenvalue weighted by Gasteiger charge is -2.03. The molecule has 0 spiro atoms. The number of hydrogen-bond acceptors (Lipinski definition) is 2. The Hall–Kier alpha value is -0.470. The predicted octanol–water partition coefficient (Wildman–Crippen LogP) is 1.94. The van der Waals surface area contributed by atoms with Crippen LogP contribution in [0.1, 0.15) is 18.1 Å². The summed E-state index contributed by atoms with van der Waals surface area (Å²) >= 11 is 5.42. The van der Waals surface area contributed by atoms with Gasteiger partial charge in [-0.1, -0.05) is 0 Å². The lowest BCUT2D eigenvalue weighted by Crippen LogP contribution is -1.95. The second-order valence-electron chi connectivity index (χ2n) is 2.05. The van der Waals surface area contributed by atoms with Crippen molar-refractivity contribution in [1.82, 2.24) is 0 Å². The van der Waals surface area contributed by atoms with Gasteiger partial charge in [0.2, 0.25) is 0 Å². The first-order chi connectivity index (χ1) is 4.84. The maximum atomic E-state index is 9.26. The van der Waals surface area contributed by atoms with Crippen LogP contribution in [0.2, 0.25) is 0 Å². The molecule has 1 heterocycles. The zero-order chi connectivity index (χ0) is 7.40. The van der Waals surface area contributed by atoms with Crippen LogP contribution < -0.4 is 0 Å². The number of rotatable bonds is 3. The van der Waals surface area contributed by atoms with Gasteiger partial charge >= 0.3 is 0 Å². The molecule has 1 unspecified atom stereocenters. The molecule has 2 nitrogen and oxygen atoms in total. The molecule has 0 aliphatic rings. The SMILES string of the molecule is OC(CCCl)c1ccoc1. The highest BCUT2D eigenvalue weighted by Gasteiger charge is 2.06. The molecular formula is C7H9ClO2. The van der Waals surface area contributed by atoms with Gasteiger partial charge in [0.05, 0.1) is 18.6 Å². The van der Waals surface area contributed by atoms with Crippen molar-refractivity contribution >= 4 is 11.6 Å². The van der Waals surface area contributed by atoms with E-state index >= 15 is 0 Å². The van der Waals surface area contributed by atoms with E-state index < -0.39 is 6.10 Å². The Morgan fingerprint density at radius 1 is 1.70 bits per heavy atom. The first kappa shape index (κ1) is 7.63. The summed E-state index contributed by atoms with van der Waals surface area (Å²) in [6.45, 7) is 0. The van der Waals surface area contributed by atoms with Crippen LogP contribution in [0.25, 0.3) is 0 Å². The summed E-state index contributed by atoms with van der Waals surface area (Å²) in [7, 11) is 0. The summed E-state index contributed by atoms with van der Waals surface area (Å²) in [5, 5.41) is 9.26. The minimum Gasteiger partial charge on any atom is -0.472 e. The number of halogens is 1. The van der Waals surface area contributed by atoms with Crippen LogP contribution in [0.5, 0.6) is 0 Å². The van der Waals surface area contributed by atoms with E-state index in [4.69, 9.17) is 16.0 Å². The quantitative estimate of drug-likeness (QED) is 0.686. The second-order valence-corrected chi connectivity index (χ2v) is 2.43. The molecule has 0 bridgehead atoms. The molecule has 0 saturated heterocycles. The van der Waals surface area contributed by atoms with Crippen LogP contribution >= 0.6 is 11.6 Å². The summed E-state index contributed by atoms with van der Waals surface area (Å²) < 4.78 is 4.78. The molecule has 10 heavy (non-hydrogen) atoms. The molecular weight excluding hydrogens is 152 g/mol. The molecule has 56 valence electrons. The molecule has 1 aromatic rings. The molecule has 0 aromatic carbocycles. The van der Waals surface area contributed by atoms with E-state index in [0.29, 0.717) is 12.3 Å². The van der Waals surface area contributed by atoms with Crippen LogP contribution in [-0.4, -0.2) is 11.0 Å². The Bertz CT molecular complexity index is 172. The van der Waals surface area contributed by atoms with Gasteiger partial charge in [0, 0.05) is 11.4 Å². The smallest absolute Gasteiger partial charge is 0.0960 e. The third-order valence-corrected chi connectivity index (χ3v) is 1.53. The van der Waals surface area contributed by atoms with E-state index in [1.807, 2.05) is 0 Å². The fraction of sp³-hybridized carbons (Fsp3) is 0.429. The number of furan rings is 1. The normalized spacial score (nSPS) is 13.4. The summed E-state index contributed by atoms with van der Waals surface area (Å²) in [6.07, 6.45) is 3.15. The minimum absolute atomic E-state index is 0.465. The Kier molecular flexibility index (Phi) is 2.78. The largest absolute Gasteiger partial charge is 0.472 e. The predicted molar refractivity (Wildman–Crippen MR) is 39.0 cm³/mol. The average Bonchev–Trinajstić information content (AvgIpc) is 2.38. The molecule has 0 aliphatic heterocycles. The van der Waals surface area contributed by atoms with Gasteiger partial charge in [-0.3, -0.25) is 0 Å². The first-order valence-electron chi connectivity index (χ1n) is 3.10. The van der Waals surface area contributed by atoms with E-state index in [1.165, 1.54) is 12.5 Å². The van der Waals surface area contributed by atoms with E-state index in [2.05, 4.69) is 0 Å². The third kappa shape index (κ3) is 1.75. The lowest BCUT2D eigenvalue weighted by molar-refractivity contribution is 0.174. The first-order valence-corrected chi connectivity index (χ1v) is 3.64. The van der Waals surface area contributed by atoms with Crippen LogP contribution in [0.3, 0.4) is 0 Å². The van der Waals surface area contributed by atoms with E-state index in [9.17, 15) is 5.11 Å². The van der Waals surface area contributed by atoms with Gasteiger partial charge < -0.3 is 9.52 Å². The third-order valence-electron chi connectivity index (χ3n) is 1.31. The minimum atomic E-state index is -0.476. The van der Waals surface area contributed by atoms with Crippen molar-refractivity contribution in [2.75, 3.05) is 5.88 Å². The van der Waals surface area contributed by atoms with Gasteiger partial charge in [0.25, 0.3) is 0 Å². The van der Waals surface area contributed by atoms with Gasteiger partial charge in [-0.25, -0.2) is 0 Å². The van der Waals surface area contributed by atoms with Crippen molar-refractivity contribution in [2.24, 2.45) is 0 Å². The van der Waals surface area contributed by atoms with Crippen molar-refractivity contribution in [3.8, 4) is 0 Å². The van der Waals surface area contributed by atoms with Gasteiger partial charge in [-0.05, 0) is 12.5 Å². The molecule has 0 fully saturated rings. The number of alkyl halides is 1. The Balaban J connectivity index is 2.50. The molecule has 0 amide bonds. The fourth-order valence-corrected chi connectivity index (χ4v) is 0.941. The van der Waals surface area contributed by atoms with Gasteiger partial charge in [-0.15, -0.1) is 11.6 Å². The van der Waals surface area contributed by atoms with Gasteiger partial charge in [-0.2, -0.15) is 0 Å². The molecule has 0 radical (unpaired) electrons. The summed E-state index contributed by atoms with van der Waals surface area (Å²) in [6, 6.07) is 1.73. The zero-order valence-corrected chi connectivity index (χ0v) is 6.21. The van der Waals surface area contributed by atoms with Crippen molar-refractivity contribution in [1.29, 1.82) is 0 Å². The van der Waals surface area contributed by atoms with E-state index in [-0.39, 0.29) is 0 Å². The lowest BCUT2D eigenvalue weighted by atomic mass is 10.1. The number of hydrogen-bond donors (Lipinski definition) is 1. The standard InChI is InChI=1S/C7H9ClO2/c8-3-1-7(9)6-2-4-10-5-6/h2,4-5,7,9H,1,3H2.